The van der Waals surface area contributed by atoms with E-state index in [1.807, 2.05) is 77.7 Å². The second kappa shape index (κ2) is 11.7. The Bertz CT molecular complexity index is 1600. The van der Waals surface area contributed by atoms with Crippen LogP contribution in [0.4, 0.5) is 6.01 Å². The van der Waals surface area contributed by atoms with Crippen molar-refractivity contribution in [1.29, 1.82) is 0 Å². The van der Waals surface area contributed by atoms with Gasteiger partial charge in [0, 0.05) is 13.1 Å². The fraction of sp³-hybridized carbons (Fsp3) is 0.242. The maximum atomic E-state index is 13.7. The number of para-hydroxylation sites is 2. The molecule has 5 aromatic rings. The second-order valence-electron chi connectivity index (χ2n) is 10.3. The fourth-order valence-electron chi connectivity index (χ4n) is 5.41. The monoisotopic (exact) mass is 532 g/mol. The van der Waals surface area contributed by atoms with Crippen molar-refractivity contribution in [3.8, 4) is 0 Å². The summed E-state index contributed by atoms with van der Waals surface area (Å²) in [4.78, 5) is 33.7. The zero-order valence-corrected chi connectivity index (χ0v) is 22.3. The lowest BCUT2D eigenvalue weighted by Crippen LogP contribution is -2.52. The van der Waals surface area contributed by atoms with Crippen LogP contribution >= 0.6 is 0 Å². The molecule has 2 atom stereocenters. The van der Waals surface area contributed by atoms with Gasteiger partial charge in [-0.25, -0.2) is 0 Å². The molecule has 1 amide bonds. The molecule has 6 rings (SSSR count). The summed E-state index contributed by atoms with van der Waals surface area (Å²) in [6.07, 6.45) is 1.93. The average Bonchev–Trinajstić information content (AvgIpc) is 3.65. The Balaban J connectivity index is 1.19. The molecule has 0 spiro atoms. The van der Waals surface area contributed by atoms with Gasteiger partial charge in [-0.1, -0.05) is 84.9 Å². The van der Waals surface area contributed by atoms with Gasteiger partial charge in [0.1, 0.15) is 11.6 Å². The lowest BCUT2D eigenvalue weighted by atomic mass is 9.98. The van der Waals surface area contributed by atoms with Crippen LogP contribution in [-0.2, 0) is 22.6 Å². The van der Waals surface area contributed by atoms with Crippen molar-refractivity contribution in [2.24, 2.45) is 0 Å². The third-order valence-corrected chi connectivity index (χ3v) is 7.51. The van der Waals surface area contributed by atoms with E-state index in [1.54, 1.807) is 0 Å². The van der Waals surface area contributed by atoms with Crippen LogP contribution in [0.15, 0.2) is 101 Å². The van der Waals surface area contributed by atoms with Gasteiger partial charge in [0.05, 0.1) is 12.6 Å². The topological polar surface area (TPSA) is 87.5 Å². The molecule has 1 aliphatic heterocycles. The van der Waals surface area contributed by atoms with Crippen LogP contribution in [0.2, 0.25) is 0 Å². The summed E-state index contributed by atoms with van der Waals surface area (Å²) < 4.78 is 5.97. The Labute approximate surface area is 233 Å². The molecule has 40 heavy (non-hydrogen) atoms. The molecular weight excluding hydrogens is 500 g/mol. The summed E-state index contributed by atoms with van der Waals surface area (Å²) in [6, 6.07) is 31.2. The minimum Gasteiger partial charge on any atom is -0.423 e. The smallest absolute Gasteiger partial charge is 0.299 e. The Morgan fingerprint density at radius 1 is 0.900 bits per heavy atom. The van der Waals surface area contributed by atoms with Crippen LogP contribution in [0.25, 0.3) is 21.9 Å². The molecule has 0 unspecified atom stereocenters. The number of benzene rings is 4. The first-order chi connectivity index (χ1) is 19.6. The number of nitrogens with one attached hydrogen (secondary N) is 2. The number of carbonyl (C=O) groups is 2. The molecule has 0 bridgehead atoms. The number of fused-ring (bicyclic) bond motifs is 2. The van der Waals surface area contributed by atoms with Gasteiger partial charge in [-0.2, -0.15) is 4.98 Å². The van der Waals surface area contributed by atoms with Crippen molar-refractivity contribution < 1.29 is 14.0 Å². The van der Waals surface area contributed by atoms with Crippen LogP contribution in [0.1, 0.15) is 24.0 Å². The van der Waals surface area contributed by atoms with Crippen LogP contribution in [0.3, 0.4) is 0 Å². The quantitative estimate of drug-likeness (QED) is 0.262. The molecule has 1 aromatic heterocycles. The summed E-state index contributed by atoms with van der Waals surface area (Å²) in [5.74, 6) is -0.231. The van der Waals surface area contributed by atoms with E-state index in [4.69, 9.17) is 4.42 Å². The number of amides is 1. The van der Waals surface area contributed by atoms with Gasteiger partial charge in [0.2, 0.25) is 5.91 Å². The van der Waals surface area contributed by atoms with Crippen molar-refractivity contribution in [2.45, 2.75) is 37.9 Å². The van der Waals surface area contributed by atoms with Gasteiger partial charge in [-0.05, 0) is 53.3 Å². The summed E-state index contributed by atoms with van der Waals surface area (Å²) in [5.41, 5.74) is 3.56. The highest BCUT2D eigenvalue weighted by molar-refractivity contribution is 5.93. The summed E-state index contributed by atoms with van der Waals surface area (Å²) >= 11 is 0. The van der Waals surface area contributed by atoms with Gasteiger partial charge >= 0.3 is 0 Å². The van der Waals surface area contributed by atoms with Crippen LogP contribution in [0.5, 0.6) is 0 Å². The van der Waals surface area contributed by atoms with E-state index in [-0.39, 0.29) is 18.2 Å². The second-order valence-corrected chi connectivity index (χ2v) is 10.3. The van der Waals surface area contributed by atoms with Crippen molar-refractivity contribution in [3.05, 3.63) is 108 Å². The maximum Gasteiger partial charge on any atom is 0.299 e. The standard InChI is InChI=1S/C33H32N4O3/c38-30(22-34-21-23-9-2-1-3-10-23)28(20-24-16-17-25-11-4-5-12-26(25)19-24)35-32(39)29-14-8-18-37(29)33-36-27-13-6-7-15-31(27)40-33/h1-7,9-13,15-17,19,28-29,34H,8,14,18,20-22H2,(H,35,39)/t28-,29-/m0/s1. The minimum atomic E-state index is -0.664. The highest BCUT2D eigenvalue weighted by Crippen LogP contribution is 2.28. The van der Waals surface area contributed by atoms with Gasteiger partial charge in [-0.15, -0.1) is 0 Å². The van der Waals surface area contributed by atoms with Crippen molar-refractivity contribution in [3.63, 3.8) is 0 Å². The molecule has 1 fully saturated rings. The number of aromatic nitrogens is 1. The van der Waals surface area contributed by atoms with Crippen molar-refractivity contribution >= 4 is 39.6 Å². The number of ketones is 1. The molecule has 0 saturated carbocycles. The fourth-order valence-corrected chi connectivity index (χ4v) is 5.41. The van der Waals surface area contributed by atoms with E-state index in [2.05, 4.69) is 39.9 Å². The zero-order valence-electron chi connectivity index (χ0n) is 22.3. The summed E-state index contributed by atoms with van der Waals surface area (Å²) in [7, 11) is 0. The first kappa shape index (κ1) is 25.8. The van der Waals surface area contributed by atoms with Crippen molar-refractivity contribution in [1.82, 2.24) is 15.6 Å². The Kier molecular flexibility index (Phi) is 7.55. The van der Waals surface area contributed by atoms with Crippen molar-refractivity contribution in [2.75, 3.05) is 18.0 Å². The van der Waals surface area contributed by atoms with E-state index in [1.165, 1.54) is 0 Å². The number of nitrogens with zero attached hydrogens (tertiary/aromatic N) is 2. The van der Waals surface area contributed by atoms with E-state index >= 15 is 0 Å². The van der Waals surface area contributed by atoms with E-state index in [0.717, 1.165) is 33.8 Å². The predicted octanol–water partition coefficient (Wildman–Crippen LogP) is 5.04. The molecule has 1 aliphatic rings. The molecule has 202 valence electrons. The van der Waals surface area contributed by atoms with Gasteiger partial charge < -0.3 is 20.0 Å². The lowest BCUT2D eigenvalue weighted by Gasteiger charge is -2.25. The number of Topliss-reactive ketones (excluding diaryl/α,β-unsaturated/α-hetero) is 1. The van der Waals surface area contributed by atoms with Gasteiger partial charge in [-0.3, -0.25) is 9.59 Å². The minimum absolute atomic E-state index is 0.0520. The largest absolute Gasteiger partial charge is 0.423 e. The molecule has 4 aromatic carbocycles. The molecule has 1 saturated heterocycles. The normalized spacial score (nSPS) is 15.9. The van der Waals surface area contributed by atoms with Crippen LogP contribution < -0.4 is 15.5 Å². The highest BCUT2D eigenvalue weighted by Gasteiger charge is 2.35. The summed E-state index contributed by atoms with van der Waals surface area (Å²) in [5, 5.41) is 8.60. The number of rotatable bonds is 10. The molecular formula is C33H32N4O3. The average molecular weight is 533 g/mol. The van der Waals surface area contributed by atoms with E-state index in [9.17, 15) is 9.59 Å². The Hall–Kier alpha value is -4.49. The molecule has 0 radical (unpaired) electrons. The zero-order chi connectivity index (χ0) is 27.3. The number of hydrogen-bond donors (Lipinski definition) is 2. The number of hydrogen-bond acceptors (Lipinski definition) is 6. The van der Waals surface area contributed by atoms with Gasteiger partial charge in [0.25, 0.3) is 6.01 Å². The third-order valence-electron chi connectivity index (χ3n) is 7.51. The molecule has 0 aliphatic carbocycles. The molecule has 2 heterocycles. The molecule has 7 heteroatoms. The van der Waals surface area contributed by atoms with Crippen LogP contribution in [0, 0.1) is 0 Å². The SMILES string of the molecule is O=C(CNCc1ccccc1)[C@H](Cc1ccc2ccccc2c1)NC(=O)[C@@H]1CCCN1c1nc2ccccc2o1. The van der Waals surface area contributed by atoms with Gasteiger partial charge in [0.15, 0.2) is 11.4 Å². The Morgan fingerprint density at radius 2 is 1.68 bits per heavy atom. The highest BCUT2D eigenvalue weighted by atomic mass is 16.4. The lowest BCUT2D eigenvalue weighted by molar-refractivity contribution is -0.128. The third kappa shape index (κ3) is 5.75. The predicted molar refractivity (Wildman–Crippen MR) is 157 cm³/mol. The van der Waals surface area contributed by atoms with E-state index < -0.39 is 12.1 Å². The maximum absolute atomic E-state index is 13.7. The van der Waals surface area contributed by atoms with E-state index in [0.29, 0.717) is 37.5 Å². The summed E-state index contributed by atoms with van der Waals surface area (Å²) in [6.45, 7) is 1.41. The number of carbonyl (C=O) groups excluding carboxylic acids is 2. The Morgan fingerprint density at radius 3 is 2.52 bits per heavy atom. The molecule has 2 N–H and O–H groups in total. The first-order valence-corrected chi connectivity index (χ1v) is 13.8. The molecule has 7 nitrogen and oxygen atoms in total. The number of anilines is 1. The number of oxazole rings is 1. The first-order valence-electron chi connectivity index (χ1n) is 13.8. The van der Waals surface area contributed by atoms with Crippen LogP contribution in [-0.4, -0.2) is 41.8 Å².